The zero-order chi connectivity index (χ0) is 17.0. The Morgan fingerprint density at radius 3 is 2.39 bits per heavy atom. The van der Waals surface area contributed by atoms with E-state index in [0.29, 0.717) is 30.3 Å². The topological polar surface area (TPSA) is 26.8 Å². The molecule has 0 atom stereocenters. The van der Waals surface area contributed by atoms with Crippen molar-refractivity contribution in [1.29, 1.82) is 0 Å². The maximum absolute atomic E-state index is 12.1. The van der Waals surface area contributed by atoms with Crippen molar-refractivity contribution >= 4 is 5.91 Å². The van der Waals surface area contributed by atoms with Crippen LogP contribution in [-0.4, -0.2) is 73.0 Å². The number of hydrogen-bond donors (Lipinski definition) is 0. The normalized spacial score (nSPS) is 20.1. The first kappa shape index (κ1) is 18.3. The molecule has 1 amide bonds. The van der Waals surface area contributed by atoms with Crippen molar-refractivity contribution in [1.82, 2.24) is 14.7 Å². The standard InChI is InChI=1S/C19H33N3O/c1-16(2)8-6-10-20(5)18(23)9-7-11-21-12-19(13-21)14-22(15-19)17(3)4/h16-17H,7,9-15H2,1-5H3. The molecule has 2 fully saturated rings. The van der Waals surface area contributed by atoms with E-state index in [4.69, 9.17) is 0 Å². The number of likely N-dealkylation sites (tertiary alicyclic amines) is 2. The Bertz CT molecular complexity index is 461. The third-order valence-corrected chi connectivity index (χ3v) is 4.92. The second-order valence-electron chi connectivity index (χ2n) is 8.04. The van der Waals surface area contributed by atoms with Gasteiger partial charge in [0.1, 0.15) is 0 Å². The molecule has 2 rings (SSSR count). The molecule has 4 heteroatoms. The average molecular weight is 319 g/mol. The van der Waals surface area contributed by atoms with E-state index in [-0.39, 0.29) is 5.91 Å². The zero-order valence-electron chi connectivity index (χ0n) is 15.6. The molecule has 0 radical (unpaired) electrons. The summed E-state index contributed by atoms with van der Waals surface area (Å²) in [6.07, 6.45) is 1.60. The van der Waals surface area contributed by atoms with Gasteiger partial charge in [0.05, 0.1) is 6.54 Å². The second kappa shape index (κ2) is 7.68. The van der Waals surface area contributed by atoms with Crippen LogP contribution in [0.25, 0.3) is 0 Å². The molecule has 0 aliphatic carbocycles. The first-order valence-corrected chi connectivity index (χ1v) is 9.00. The molecule has 0 saturated carbocycles. The SMILES string of the molecule is CC(C)C#CCN(C)C(=O)CCCN1CC2(C1)CN(C(C)C)C2. The summed E-state index contributed by atoms with van der Waals surface area (Å²) in [6.45, 7) is 15.3. The van der Waals surface area contributed by atoms with Crippen LogP contribution in [0, 0.1) is 23.2 Å². The fraction of sp³-hybridized carbons (Fsp3) is 0.842. The molecular weight excluding hydrogens is 286 g/mol. The largest absolute Gasteiger partial charge is 0.335 e. The number of carbonyl (C=O) groups is 1. The van der Waals surface area contributed by atoms with Gasteiger partial charge in [-0.05, 0) is 26.8 Å². The van der Waals surface area contributed by atoms with E-state index < -0.39 is 0 Å². The fourth-order valence-electron chi connectivity index (χ4n) is 3.54. The lowest BCUT2D eigenvalue weighted by Crippen LogP contribution is -2.72. The Kier molecular flexibility index (Phi) is 6.11. The van der Waals surface area contributed by atoms with Gasteiger partial charge in [0.25, 0.3) is 0 Å². The molecule has 0 N–H and O–H groups in total. The van der Waals surface area contributed by atoms with E-state index in [2.05, 4.69) is 49.3 Å². The summed E-state index contributed by atoms with van der Waals surface area (Å²) in [5, 5.41) is 0. The van der Waals surface area contributed by atoms with Crippen LogP contribution in [0.4, 0.5) is 0 Å². The highest BCUT2D eigenvalue weighted by atomic mass is 16.2. The lowest BCUT2D eigenvalue weighted by molar-refractivity contribution is -0.132. The van der Waals surface area contributed by atoms with Gasteiger partial charge in [-0.25, -0.2) is 0 Å². The summed E-state index contributed by atoms with van der Waals surface area (Å²) in [4.78, 5) is 18.9. The number of amides is 1. The van der Waals surface area contributed by atoms with Crippen molar-refractivity contribution in [2.24, 2.45) is 11.3 Å². The van der Waals surface area contributed by atoms with Crippen LogP contribution < -0.4 is 0 Å². The van der Waals surface area contributed by atoms with Crippen molar-refractivity contribution in [3.8, 4) is 11.8 Å². The van der Waals surface area contributed by atoms with Crippen LogP contribution in [0.15, 0.2) is 0 Å². The van der Waals surface area contributed by atoms with Gasteiger partial charge in [0.15, 0.2) is 0 Å². The Balaban J connectivity index is 1.55. The smallest absolute Gasteiger partial charge is 0.223 e. The summed E-state index contributed by atoms with van der Waals surface area (Å²) < 4.78 is 0. The number of rotatable bonds is 6. The third kappa shape index (κ3) is 4.96. The average Bonchev–Trinajstić information content (AvgIpc) is 2.37. The van der Waals surface area contributed by atoms with Gasteiger partial charge in [-0.15, -0.1) is 0 Å². The molecule has 4 nitrogen and oxygen atoms in total. The van der Waals surface area contributed by atoms with Gasteiger partial charge in [-0.2, -0.15) is 0 Å². The van der Waals surface area contributed by atoms with E-state index in [0.717, 1.165) is 13.0 Å². The van der Waals surface area contributed by atoms with Crippen LogP contribution >= 0.6 is 0 Å². The highest BCUT2D eigenvalue weighted by Gasteiger charge is 2.51. The Hall–Kier alpha value is -1.05. The van der Waals surface area contributed by atoms with Crippen LogP contribution in [-0.2, 0) is 4.79 Å². The summed E-state index contributed by atoms with van der Waals surface area (Å²) in [6, 6.07) is 0.682. The molecule has 23 heavy (non-hydrogen) atoms. The first-order chi connectivity index (χ1) is 10.8. The maximum Gasteiger partial charge on any atom is 0.223 e. The molecule has 0 unspecified atom stereocenters. The van der Waals surface area contributed by atoms with E-state index >= 15 is 0 Å². The van der Waals surface area contributed by atoms with Crippen molar-refractivity contribution in [2.75, 3.05) is 46.3 Å². The molecule has 2 aliphatic heterocycles. The van der Waals surface area contributed by atoms with Gasteiger partial charge < -0.3 is 9.80 Å². The highest BCUT2D eigenvalue weighted by molar-refractivity contribution is 5.76. The third-order valence-electron chi connectivity index (χ3n) is 4.92. The molecule has 0 bridgehead atoms. The number of hydrogen-bond acceptors (Lipinski definition) is 3. The summed E-state index contributed by atoms with van der Waals surface area (Å²) in [7, 11) is 1.85. The quantitative estimate of drug-likeness (QED) is 0.700. The Morgan fingerprint density at radius 2 is 1.83 bits per heavy atom. The minimum atomic E-state index is 0.216. The van der Waals surface area contributed by atoms with E-state index in [1.807, 2.05) is 7.05 Å². The fourth-order valence-corrected chi connectivity index (χ4v) is 3.54. The van der Waals surface area contributed by atoms with Crippen molar-refractivity contribution in [2.45, 2.75) is 46.6 Å². The Labute approximate surface area is 142 Å². The monoisotopic (exact) mass is 319 g/mol. The molecule has 0 aromatic heterocycles. The first-order valence-electron chi connectivity index (χ1n) is 9.00. The summed E-state index contributed by atoms with van der Waals surface area (Å²) in [5.74, 6) is 6.75. The van der Waals surface area contributed by atoms with Crippen LogP contribution in [0.3, 0.4) is 0 Å². The van der Waals surface area contributed by atoms with Crippen molar-refractivity contribution < 1.29 is 4.79 Å². The lowest BCUT2D eigenvalue weighted by atomic mass is 9.72. The predicted octanol–water partition coefficient (Wildman–Crippen LogP) is 1.91. The number of carbonyl (C=O) groups excluding carboxylic acids is 1. The molecule has 2 heterocycles. The molecule has 2 aliphatic rings. The Morgan fingerprint density at radius 1 is 1.17 bits per heavy atom. The molecule has 1 spiro atoms. The molecular formula is C19H33N3O. The molecule has 130 valence electrons. The zero-order valence-corrected chi connectivity index (χ0v) is 15.6. The molecule has 2 saturated heterocycles. The van der Waals surface area contributed by atoms with Crippen LogP contribution in [0.1, 0.15) is 40.5 Å². The van der Waals surface area contributed by atoms with Crippen molar-refractivity contribution in [3.63, 3.8) is 0 Å². The molecule has 0 aromatic rings. The van der Waals surface area contributed by atoms with E-state index in [1.54, 1.807) is 4.90 Å². The van der Waals surface area contributed by atoms with Gasteiger partial charge in [0, 0.05) is 57.0 Å². The molecule has 0 aromatic carbocycles. The van der Waals surface area contributed by atoms with Gasteiger partial charge in [-0.3, -0.25) is 9.69 Å². The number of nitrogens with zero attached hydrogens (tertiary/aromatic N) is 3. The summed E-state index contributed by atoms with van der Waals surface area (Å²) in [5.41, 5.74) is 0.581. The second-order valence-corrected chi connectivity index (χ2v) is 8.04. The minimum Gasteiger partial charge on any atom is -0.335 e. The predicted molar refractivity (Wildman–Crippen MR) is 95.1 cm³/mol. The lowest BCUT2D eigenvalue weighted by Gasteiger charge is -2.61. The maximum atomic E-state index is 12.1. The van der Waals surface area contributed by atoms with Gasteiger partial charge >= 0.3 is 0 Å². The van der Waals surface area contributed by atoms with E-state index in [9.17, 15) is 4.79 Å². The minimum absolute atomic E-state index is 0.216. The van der Waals surface area contributed by atoms with Crippen LogP contribution in [0.5, 0.6) is 0 Å². The van der Waals surface area contributed by atoms with Crippen molar-refractivity contribution in [3.05, 3.63) is 0 Å². The van der Waals surface area contributed by atoms with Gasteiger partial charge in [0.2, 0.25) is 5.91 Å². The summed E-state index contributed by atoms with van der Waals surface area (Å²) >= 11 is 0. The van der Waals surface area contributed by atoms with Gasteiger partial charge in [-0.1, -0.05) is 25.7 Å². The highest BCUT2D eigenvalue weighted by Crippen LogP contribution is 2.40. The van der Waals surface area contributed by atoms with E-state index in [1.165, 1.54) is 26.2 Å². The van der Waals surface area contributed by atoms with Crippen LogP contribution in [0.2, 0.25) is 0 Å².